The number of aryl methyl sites for hydroxylation is 2. The van der Waals surface area contributed by atoms with E-state index in [0.29, 0.717) is 17.1 Å². The van der Waals surface area contributed by atoms with E-state index in [4.69, 9.17) is 4.74 Å². The molecule has 0 aliphatic heterocycles. The van der Waals surface area contributed by atoms with Crippen LogP contribution in [0.5, 0.6) is 5.75 Å². The van der Waals surface area contributed by atoms with E-state index in [-0.39, 0.29) is 17.2 Å². The molecule has 0 radical (unpaired) electrons. The Labute approximate surface area is 177 Å². The van der Waals surface area contributed by atoms with Crippen LogP contribution >= 0.6 is 0 Å². The number of nitrogens with one attached hydrogen (secondary N) is 2. The average molecular weight is 425 g/mol. The molecule has 0 atom stereocenters. The summed E-state index contributed by atoms with van der Waals surface area (Å²) in [4.78, 5) is 12.4. The van der Waals surface area contributed by atoms with Crippen molar-refractivity contribution in [1.82, 2.24) is 0 Å². The van der Waals surface area contributed by atoms with Gasteiger partial charge < -0.3 is 10.1 Å². The Morgan fingerprint density at radius 2 is 1.63 bits per heavy atom. The van der Waals surface area contributed by atoms with Crippen molar-refractivity contribution in [2.45, 2.75) is 25.2 Å². The number of sulfonamides is 1. The molecule has 0 spiro atoms. The Hall–Kier alpha value is -3.32. The highest BCUT2D eigenvalue weighted by atomic mass is 32.2. The summed E-state index contributed by atoms with van der Waals surface area (Å²) in [5.41, 5.74) is 4.12. The molecule has 0 aliphatic carbocycles. The van der Waals surface area contributed by atoms with Gasteiger partial charge in [-0.1, -0.05) is 30.3 Å². The third-order valence-corrected chi connectivity index (χ3v) is 6.12. The molecule has 6 nitrogen and oxygen atoms in total. The Morgan fingerprint density at radius 1 is 0.933 bits per heavy atom. The minimum atomic E-state index is -3.79. The van der Waals surface area contributed by atoms with E-state index in [1.54, 1.807) is 36.4 Å². The minimum Gasteiger partial charge on any atom is -0.495 e. The predicted molar refractivity (Wildman–Crippen MR) is 118 cm³/mol. The molecule has 156 valence electrons. The number of amides is 1. The normalized spacial score (nSPS) is 11.0. The molecule has 3 aromatic rings. The number of hydrogen-bond acceptors (Lipinski definition) is 4. The van der Waals surface area contributed by atoms with Gasteiger partial charge in [-0.25, -0.2) is 8.42 Å². The zero-order valence-corrected chi connectivity index (χ0v) is 17.9. The monoisotopic (exact) mass is 424 g/mol. The summed E-state index contributed by atoms with van der Waals surface area (Å²) in [6.45, 7) is 4.03. The molecule has 3 rings (SSSR count). The van der Waals surface area contributed by atoms with Crippen molar-refractivity contribution in [3.05, 3.63) is 83.4 Å². The largest absolute Gasteiger partial charge is 0.495 e. The van der Waals surface area contributed by atoms with Crippen molar-refractivity contribution in [3.63, 3.8) is 0 Å². The van der Waals surface area contributed by atoms with Gasteiger partial charge in [0.1, 0.15) is 5.75 Å². The van der Waals surface area contributed by atoms with Crippen LogP contribution in [0.15, 0.2) is 71.6 Å². The number of para-hydroxylation sites is 2. The first kappa shape index (κ1) is 21.4. The fourth-order valence-corrected chi connectivity index (χ4v) is 4.02. The molecule has 0 fully saturated rings. The number of hydrogen-bond donors (Lipinski definition) is 2. The van der Waals surface area contributed by atoms with Gasteiger partial charge >= 0.3 is 0 Å². The molecule has 30 heavy (non-hydrogen) atoms. The van der Waals surface area contributed by atoms with E-state index < -0.39 is 10.0 Å². The molecule has 0 saturated heterocycles. The van der Waals surface area contributed by atoms with E-state index in [9.17, 15) is 13.2 Å². The standard InChI is InChI=1S/C23H24N2O4S/c1-16-8-9-18(14-17(16)2)15-23(26)24-19-10-12-20(13-11-19)30(27,28)25-21-6-4-5-7-22(21)29-3/h4-14,25H,15H2,1-3H3,(H,24,26). The number of ether oxygens (including phenoxy) is 1. The molecule has 3 aromatic carbocycles. The van der Waals surface area contributed by atoms with E-state index in [1.165, 1.54) is 24.8 Å². The maximum absolute atomic E-state index is 12.6. The van der Waals surface area contributed by atoms with Gasteiger partial charge in [0.2, 0.25) is 5.91 Å². The van der Waals surface area contributed by atoms with Crippen LogP contribution in [-0.4, -0.2) is 21.4 Å². The molecular formula is C23H24N2O4S. The topological polar surface area (TPSA) is 84.5 Å². The fourth-order valence-electron chi connectivity index (χ4n) is 2.95. The SMILES string of the molecule is COc1ccccc1NS(=O)(=O)c1ccc(NC(=O)Cc2ccc(C)c(C)c2)cc1. The molecule has 1 amide bonds. The second-order valence-corrected chi connectivity index (χ2v) is 8.66. The van der Waals surface area contributed by atoms with Crippen molar-refractivity contribution in [1.29, 1.82) is 0 Å². The van der Waals surface area contributed by atoms with Crippen LogP contribution in [0, 0.1) is 13.8 Å². The lowest BCUT2D eigenvalue weighted by molar-refractivity contribution is -0.115. The summed E-state index contributed by atoms with van der Waals surface area (Å²) < 4.78 is 33.0. The van der Waals surface area contributed by atoms with Crippen LogP contribution in [0.25, 0.3) is 0 Å². The third kappa shape index (κ3) is 5.18. The third-order valence-electron chi connectivity index (χ3n) is 4.74. The molecule has 0 unspecified atom stereocenters. The van der Waals surface area contributed by atoms with Gasteiger partial charge in [-0.05, 0) is 66.9 Å². The molecule has 0 saturated carbocycles. The van der Waals surface area contributed by atoms with Crippen molar-refractivity contribution in [2.24, 2.45) is 0 Å². The predicted octanol–water partition coefficient (Wildman–Crippen LogP) is 4.29. The summed E-state index contributed by atoms with van der Waals surface area (Å²) in [6, 6.07) is 18.7. The molecular weight excluding hydrogens is 400 g/mol. The highest BCUT2D eigenvalue weighted by Crippen LogP contribution is 2.26. The number of benzene rings is 3. The first-order valence-electron chi connectivity index (χ1n) is 9.40. The summed E-state index contributed by atoms with van der Waals surface area (Å²) >= 11 is 0. The van der Waals surface area contributed by atoms with Crippen LogP contribution in [0.1, 0.15) is 16.7 Å². The van der Waals surface area contributed by atoms with Crippen molar-refractivity contribution < 1.29 is 17.9 Å². The van der Waals surface area contributed by atoms with Gasteiger partial charge in [-0.2, -0.15) is 0 Å². The molecule has 2 N–H and O–H groups in total. The second-order valence-electron chi connectivity index (χ2n) is 6.97. The van der Waals surface area contributed by atoms with Crippen molar-refractivity contribution in [2.75, 3.05) is 17.1 Å². The molecule has 0 aliphatic rings. The molecule has 0 bridgehead atoms. The van der Waals surface area contributed by atoms with Gasteiger partial charge in [-0.3, -0.25) is 9.52 Å². The number of carbonyl (C=O) groups is 1. The van der Waals surface area contributed by atoms with E-state index in [0.717, 1.165) is 11.1 Å². The highest BCUT2D eigenvalue weighted by Gasteiger charge is 2.16. The van der Waals surface area contributed by atoms with Crippen molar-refractivity contribution in [3.8, 4) is 5.75 Å². The molecule has 0 heterocycles. The lowest BCUT2D eigenvalue weighted by atomic mass is 10.0. The first-order valence-corrected chi connectivity index (χ1v) is 10.9. The smallest absolute Gasteiger partial charge is 0.262 e. The zero-order chi connectivity index (χ0) is 21.7. The number of methoxy groups -OCH3 is 1. The van der Waals surface area contributed by atoms with Gasteiger partial charge in [-0.15, -0.1) is 0 Å². The van der Waals surface area contributed by atoms with Gasteiger partial charge in [0.15, 0.2) is 0 Å². The Morgan fingerprint density at radius 3 is 2.30 bits per heavy atom. The summed E-state index contributed by atoms with van der Waals surface area (Å²) in [7, 11) is -2.32. The molecule has 0 aromatic heterocycles. The zero-order valence-electron chi connectivity index (χ0n) is 17.1. The first-order chi connectivity index (χ1) is 14.3. The Kier molecular flexibility index (Phi) is 6.42. The van der Waals surface area contributed by atoms with Crippen molar-refractivity contribution >= 4 is 27.3 Å². The van der Waals surface area contributed by atoms with Gasteiger partial charge in [0, 0.05) is 5.69 Å². The Bertz CT molecular complexity index is 1160. The number of carbonyl (C=O) groups excluding carboxylic acids is 1. The minimum absolute atomic E-state index is 0.0839. The fraction of sp³-hybridized carbons (Fsp3) is 0.174. The van der Waals surface area contributed by atoms with E-state index >= 15 is 0 Å². The van der Waals surface area contributed by atoms with E-state index in [1.807, 2.05) is 32.0 Å². The van der Waals surface area contributed by atoms with Crippen LogP contribution in [0.3, 0.4) is 0 Å². The molecule has 7 heteroatoms. The summed E-state index contributed by atoms with van der Waals surface area (Å²) in [5, 5.41) is 2.80. The van der Waals surface area contributed by atoms with Crippen LogP contribution in [0.4, 0.5) is 11.4 Å². The number of anilines is 2. The van der Waals surface area contributed by atoms with E-state index in [2.05, 4.69) is 10.0 Å². The average Bonchev–Trinajstić information content (AvgIpc) is 2.71. The lowest BCUT2D eigenvalue weighted by Crippen LogP contribution is -2.15. The number of rotatable bonds is 7. The van der Waals surface area contributed by atoms with Gasteiger partial charge in [0.25, 0.3) is 10.0 Å². The van der Waals surface area contributed by atoms with Crippen LogP contribution in [0.2, 0.25) is 0 Å². The Balaban J connectivity index is 1.67. The lowest BCUT2D eigenvalue weighted by Gasteiger charge is -2.12. The highest BCUT2D eigenvalue weighted by molar-refractivity contribution is 7.92. The maximum Gasteiger partial charge on any atom is 0.262 e. The second kappa shape index (κ2) is 9.00. The summed E-state index contributed by atoms with van der Waals surface area (Å²) in [5.74, 6) is 0.261. The quantitative estimate of drug-likeness (QED) is 0.592. The van der Waals surface area contributed by atoms with Crippen LogP contribution in [-0.2, 0) is 21.2 Å². The summed E-state index contributed by atoms with van der Waals surface area (Å²) in [6.07, 6.45) is 0.247. The van der Waals surface area contributed by atoms with Crippen LogP contribution < -0.4 is 14.8 Å². The van der Waals surface area contributed by atoms with Gasteiger partial charge in [0.05, 0.1) is 24.1 Å². The maximum atomic E-state index is 12.6.